The summed E-state index contributed by atoms with van der Waals surface area (Å²) < 4.78 is 32.3. The Labute approximate surface area is 181 Å². The van der Waals surface area contributed by atoms with Crippen LogP contribution in [0.25, 0.3) is 0 Å². The molecule has 1 fully saturated rings. The molecule has 0 amide bonds. The minimum atomic E-state index is -3.38. The van der Waals surface area contributed by atoms with Crippen LogP contribution in [0.2, 0.25) is 0 Å². The number of nitrogens with zero attached hydrogens (tertiary/aromatic N) is 2. The van der Waals surface area contributed by atoms with Gasteiger partial charge in [-0.1, -0.05) is 30.3 Å². The fourth-order valence-electron chi connectivity index (χ4n) is 2.99. The normalized spacial score (nSPS) is 14.9. The molecule has 2 aromatic rings. The van der Waals surface area contributed by atoms with Gasteiger partial charge in [0.1, 0.15) is 5.75 Å². The van der Waals surface area contributed by atoms with E-state index in [0.29, 0.717) is 24.6 Å². The monoisotopic (exact) mass is 450 g/mol. The average Bonchev–Trinajstić information content (AvgIpc) is 2.77. The lowest BCUT2D eigenvalue weighted by Crippen LogP contribution is -2.48. The van der Waals surface area contributed by atoms with Crippen LogP contribution in [0.4, 0.5) is 0 Å². The van der Waals surface area contributed by atoms with Crippen LogP contribution in [-0.2, 0) is 26.2 Å². The van der Waals surface area contributed by atoms with E-state index < -0.39 is 22.0 Å². The fourth-order valence-corrected chi connectivity index (χ4v) is 4.43. The Bertz CT molecular complexity index is 943. The molecule has 1 aliphatic rings. The molecule has 9 nitrogen and oxygen atoms in total. The molecule has 3 rings (SSSR count). The number of benzene rings is 2. The van der Waals surface area contributed by atoms with Crippen LogP contribution in [0.15, 0.2) is 59.5 Å². The number of ether oxygens (including phenoxy) is 1. The van der Waals surface area contributed by atoms with Crippen molar-refractivity contribution in [3.05, 3.63) is 60.2 Å². The zero-order chi connectivity index (χ0) is 22.9. The van der Waals surface area contributed by atoms with Gasteiger partial charge in [-0.2, -0.15) is 4.31 Å². The van der Waals surface area contributed by atoms with Crippen LogP contribution in [0.5, 0.6) is 5.75 Å². The third-order valence-electron chi connectivity index (χ3n) is 4.54. The van der Waals surface area contributed by atoms with Crippen LogP contribution >= 0.6 is 0 Å². The van der Waals surface area contributed by atoms with E-state index in [0.717, 1.165) is 25.4 Å². The molecular weight excluding hydrogens is 424 g/mol. The molecular formula is C21H26N2O7S. The Hall–Kier alpha value is -2.95. The van der Waals surface area contributed by atoms with E-state index in [1.54, 1.807) is 28.6 Å². The first-order chi connectivity index (χ1) is 14.7. The van der Waals surface area contributed by atoms with Crippen LogP contribution in [0, 0.1) is 0 Å². The number of carboxylic acids is 2. The van der Waals surface area contributed by atoms with Crippen molar-refractivity contribution in [1.29, 1.82) is 0 Å². The molecule has 0 radical (unpaired) electrons. The SMILES string of the molecule is CCOc1ccc(CN2CCN(S(=O)(=O)c3ccccc3)CC2)cc1.O=C(O)C(=O)O. The molecule has 2 N–H and O–H groups in total. The summed E-state index contributed by atoms with van der Waals surface area (Å²) in [5, 5.41) is 14.8. The maximum Gasteiger partial charge on any atom is 0.414 e. The van der Waals surface area contributed by atoms with E-state index in [9.17, 15) is 8.42 Å². The standard InChI is InChI=1S/C19H24N2O3S.C2H2O4/c1-2-24-18-10-8-17(9-11-18)16-20-12-14-21(15-13-20)25(22,23)19-6-4-3-5-7-19;3-1(4)2(5)6/h3-11H,2,12-16H2,1H3;(H,3,4)(H,5,6). The van der Waals surface area contributed by atoms with Crippen molar-refractivity contribution in [2.45, 2.75) is 18.4 Å². The van der Waals surface area contributed by atoms with Crippen LogP contribution < -0.4 is 4.74 Å². The van der Waals surface area contributed by atoms with E-state index >= 15 is 0 Å². The third-order valence-corrected chi connectivity index (χ3v) is 6.45. The number of hydrogen-bond donors (Lipinski definition) is 2. The molecule has 0 saturated carbocycles. The zero-order valence-electron chi connectivity index (χ0n) is 17.2. The van der Waals surface area contributed by atoms with Gasteiger partial charge in [0, 0.05) is 32.7 Å². The second-order valence-electron chi connectivity index (χ2n) is 6.68. The Morgan fingerprint density at radius 3 is 1.94 bits per heavy atom. The lowest BCUT2D eigenvalue weighted by atomic mass is 10.2. The molecule has 10 heteroatoms. The Kier molecular flexibility index (Phi) is 8.98. The van der Waals surface area contributed by atoms with E-state index in [1.165, 1.54) is 5.56 Å². The lowest BCUT2D eigenvalue weighted by Gasteiger charge is -2.34. The van der Waals surface area contributed by atoms with E-state index in [4.69, 9.17) is 24.5 Å². The first kappa shape index (κ1) is 24.3. The summed E-state index contributed by atoms with van der Waals surface area (Å²) in [5.74, 6) is -2.77. The molecule has 2 aromatic carbocycles. The van der Waals surface area contributed by atoms with Crippen LogP contribution in [0.1, 0.15) is 12.5 Å². The minimum Gasteiger partial charge on any atom is -0.494 e. The summed E-state index contributed by atoms with van der Waals surface area (Å²) in [4.78, 5) is 20.9. The highest BCUT2D eigenvalue weighted by molar-refractivity contribution is 7.89. The summed E-state index contributed by atoms with van der Waals surface area (Å²) in [6.45, 7) is 5.97. The number of carbonyl (C=O) groups is 2. The predicted octanol–water partition coefficient (Wildman–Crippen LogP) is 1.75. The van der Waals surface area contributed by atoms with E-state index in [2.05, 4.69) is 17.0 Å². The highest BCUT2D eigenvalue weighted by Gasteiger charge is 2.28. The lowest BCUT2D eigenvalue weighted by molar-refractivity contribution is -0.159. The molecule has 0 aliphatic carbocycles. The minimum absolute atomic E-state index is 0.370. The van der Waals surface area contributed by atoms with Gasteiger partial charge in [-0.15, -0.1) is 0 Å². The maximum absolute atomic E-state index is 12.6. The van der Waals surface area contributed by atoms with Crippen molar-refractivity contribution < 1.29 is 33.0 Å². The van der Waals surface area contributed by atoms with Gasteiger partial charge in [-0.3, -0.25) is 4.90 Å². The molecule has 0 aromatic heterocycles. The second kappa shape index (κ2) is 11.4. The van der Waals surface area contributed by atoms with Gasteiger partial charge >= 0.3 is 11.9 Å². The van der Waals surface area contributed by atoms with Gasteiger partial charge in [0.25, 0.3) is 0 Å². The van der Waals surface area contributed by atoms with E-state index in [1.807, 2.05) is 25.1 Å². The average molecular weight is 451 g/mol. The van der Waals surface area contributed by atoms with Crippen molar-refractivity contribution in [2.24, 2.45) is 0 Å². The van der Waals surface area contributed by atoms with Crippen LogP contribution in [0.3, 0.4) is 0 Å². The number of aliphatic carboxylic acids is 2. The predicted molar refractivity (Wildman–Crippen MR) is 113 cm³/mol. The zero-order valence-corrected chi connectivity index (χ0v) is 18.0. The molecule has 0 atom stereocenters. The van der Waals surface area contributed by atoms with E-state index in [-0.39, 0.29) is 0 Å². The Balaban J connectivity index is 0.000000501. The van der Waals surface area contributed by atoms with Crippen molar-refractivity contribution in [2.75, 3.05) is 32.8 Å². The topological polar surface area (TPSA) is 124 Å². The summed E-state index contributed by atoms with van der Waals surface area (Å²) in [7, 11) is -3.38. The number of hydrogen-bond acceptors (Lipinski definition) is 6. The van der Waals surface area contributed by atoms with Crippen molar-refractivity contribution >= 4 is 22.0 Å². The maximum atomic E-state index is 12.6. The first-order valence-electron chi connectivity index (χ1n) is 9.69. The molecule has 1 saturated heterocycles. The van der Waals surface area contributed by atoms with Crippen LogP contribution in [-0.4, -0.2) is 72.6 Å². The molecule has 0 spiro atoms. The smallest absolute Gasteiger partial charge is 0.414 e. The molecule has 1 heterocycles. The fraction of sp³-hybridized carbons (Fsp3) is 0.333. The number of rotatable bonds is 6. The molecule has 0 unspecified atom stereocenters. The van der Waals surface area contributed by atoms with Gasteiger partial charge in [0.05, 0.1) is 11.5 Å². The van der Waals surface area contributed by atoms with Gasteiger partial charge in [0.2, 0.25) is 10.0 Å². The summed E-state index contributed by atoms with van der Waals surface area (Å²) in [6.07, 6.45) is 0. The highest BCUT2D eigenvalue weighted by atomic mass is 32.2. The quantitative estimate of drug-likeness (QED) is 0.638. The third kappa shape index (κ3) is 7.35. The van der Waals surface area contributed by atoms with Crippen molar-refractivity contribution in [3.8, 4) is 5.75 Å². The summed E-state index contributed by atoms with van der Waals surface area (Å²) >= 11 is 0. The van der Waals surface area contributed by atoms with Gasteiger partial charge < -0.3 is 14.9 Å². The highest BCUT2D eigenvalue weighted by Crippen LogP contribution is 2.19. The number of carboxylic acid groups (broad SMARTS) is 2. The Morgan fingerprint density at radius 1 is 0.903 bits per heavy atom. The molecule has 31 heavy (non-hydrogen) atoms. The summed E-state index contributed by atoms with van der Waals surface area (Å²) in [6, 6.07) is 16.8. The molecule has 1 aliphatic heterocycles. The van der Waals surface area contributed by atoms with Crippen molar-refractivity contribution in [3.63, 3.8) is 0 Å². The Morgan fingerprint density at radius 2 is 1.45 bits per heavy atom. The van der Waals surface area contributed by atoms with Crippen molar-refractivity contribution in [1.82, 2.24) is 9.21 Å². The second-order valence-corrected chi connectivity index (χ2v) is 8.62. The molecule has 0 bridgehead atoms. The number of sulfonamides is 1. The largest absolute Gasteiger partial charge is 0.494 e. The number of piperazine rings is 1. The first-order valence-corrected chi connectivity index (χ1v) is 11.1. The van der Waals surface area contributed by atoms with Gasteiger partial charge in [0.15, 0.2) is 0 Å². The van der Waals surface area contributed by atoms with Gasteiger partial charge in [-0.25, -0.2) is 18.0 Å². The molecule has 168 valence electrons. The van der Waals surface area contributed by atoms with Gasteiger partial charge in [-0.05, 0) is 36.8 Å². The summed E-state index contributed by atoms with van der Waals surface area (Å²) in [5.41, 5.74) is 1.21.